The Labute approximate surface area is 141 Å². The van der Waals surface area contributed by atoms with E-state index in [0.29, 0.717) is 18.1 Å². The average Bonchev–Trinajstić information content (AvgIpc) is 2.80. The van der Waals surface area contributed by atoms with Crippen LogP contribution in [0, 0.1) is 6.92 Å². The highest BCUT2D eigenvalue weighted by atomic mass is 79.9. The van der Waals surface area contributed by atoms with Gasteiger partial charge in [-0.05, 0) is 37.6 Å². The molecule has 2 aromatic rings. The third-order valence-electron chi connectivity index (χ3n) is 2.91. The Morgan fingerprint density at radius 3 is 2.81 bits per heavy atom. The normalized spacial score (nSPS) is 12.2. The molecule has 1 aromatic carbocycles. The van der Waals surface area contributed by atoms with Crippen molar-refractivity contribution in [2.24, 2.45) is 0 Å². The Kier molecular flexibility index (Phi) is 5.79. The number of nitrogens with zero attached hydrogens (tertiary/aromatic N) is 1. The molecule has 3 nitrogen and oxygen atoms in total. The molecular formula is C15H15BrClNO2S. The molecule has 1 aromatic heterocycles. The van der Waals surface area contributed by atoms with Gasteiger partial charge >= 0.3 is 5.97 Å². The molecule has 2 rings (SSSR count). The minimum atomic E-state index is -0.398. The molecule has 0 spiro atoms. The fourth-order valence-corrected chi connectivity index (χ4v) is 3.75. The fraction of sp³-hybridized carbons (Fsp3) is 0.333. The predicted molar refractivity (Wildman–Crippen MR) is 89.1 cm³/mol. The monoisotopic (exact) mass is 387 g/mol. The Bertz CT molecular complexity index is 624. The van der Waals surface area contributed by atoms with E-state index in [1.165, 1.54) is 0 Å². The highest BCUT2D eigenvalue weighted by Gasteiger charge is 2.24. The van der Waals surface area contributed by atoms with E-state index in [4.69, 9.17) is 16.3 Å². The molecule has 0 aliphatic heterocycles. The third-order valence-corrected chi connectivity index (χ3v) is 4.52. The van der Waals surface area contributed by atoms with Crippen molar-refractivity contribution in [3.05, 3.63) is 49.3 Å². The van der Waals surface area contributed by atoms with E-state index < -0.39 is 5.92 Å². The number of aryl methyl sites for hydroxylation is 1. The van der Waals surface area contributed by atoms with Crippen molar-refractivity contribution < 1.29 is 9.53 Å². The maximum absolute atomic E-state index is 12.3. The zero-order valence-electron chi connectivity index (χ0n) is 11.7. The van der Waals surface area contributed by atoms with Gasteiger partial charge in [-0.25, -0.2) is 4.98 Å². The van der Waals surface area contributed by atoms with Gasteiger partial charge in [0.15, 0.2) is 0 Å². The molecule has 0 saturated heterocycles. The van der Waals surface area contributed by atoms with Gasteiger partial charge in [0.2, 0.25) is 0 Å². The zero-order chi connectivity index (χ0) is 15.4. The largest absolute Gasteiger partial charge is 0.466 e. The molecule has 0 amide bonds. The lowest BCUT2D eigenvalue weighted by Crippen LogP contribution is -2.18. The fourth-order valence-electron chi connectivity index (χ4n) is 2.03. The van der Waals surface area contributed by atoms with Crippen LogP contribution in [0.25, 0.3) is 0 Å². The first-order valence-corrected chi connectivity index (χ1v) is 8.52. The van der Waals surface area contributed by atoms with Crippen molar-refractivity contribution in [3.8, 4) is 0 Å². The maximum Gasteiger partial charge on any atom is 0.313 e. The lowest BCUT2D eigenvalue weighted by molar-refractivity contribution is -0.144. The summed E-state index contributed by atoms with van der Waals surface area (Å²) in [5.41, 5.74) is 0.834. The molecule has 1 heterocycles. The zero-order valence-corrected chi connectivity index (χ0v) is 14.9. The molecule has 0 fully saturated rings. The summed E-state index contributed by atoms with van der Waals surface area (Å²) in [7, 11) is 0. The molecular weight excluding hydrogens is 374 g/mol. The summed E-state index contributed by atoms with van der Waals surface area (Å²) < 4.78 is 6.04. The highest BCUT2D eigenvalue weighted by molar-refractivity contribution is 9.10. The van der Waals surface area contributed by atoms with E-state index in [2.05, 4.69) is 20.9 Å². The second kappa shape index (κ2) is 7.38. The van der Waals surface area contributed by atoms with E-state index in [1.807, 2.05) is 19.2 Å². The van der Waals surface area contributed by atoms with Crippen molar-refractivity contribution in [2.75, 3.05) is 6.61 Å². The number of esters is 1. The number of thiazole rings is 1. The van der Waals surface area contributed by atoms with Gasteiger partial charge in [-0.15, -0.1) is 11.3 Å². The van der Waals surface area contributed by atoms with Crippen LogP contribution in [-0.4, -0.2) is 17.6 Å². The summed E-state index contributed by atoms with van der Waals surface area (Å²) in [5, 5.41) is 1.51. The SMILES string of the molecule is CCOC(=O)C(Cc1ncc(C)s1)c1cc(Cl)cc(Br)c1. The summed E-state index contributed by atoms with van der Waals surface area (Å²) >= 11 is 11.1. The van der Waals surface area contributed by atoms with Crippen LogP contribution in [-0.2, 0) is 16.0 Å². The van der Waals surface area contributed by atoms with Crippen LogP contribution in [0.4, 0.5) is 0 Å². The predicted octanol–water partition coefficient (Wildman–Crippen LogP) is 4.76. The maximum atomic E-state index is 12.3. The van der Waals surface area contributed by atoms with Crippen molar-refractivity contribution in [1.82, 2.24) is 4.98 Å². The second-order valence-corrected chi connectivity index (χ2v) is 7.25. The molecule has 21 heavy (non-hydrogen) atoms. The average molecular weight is 389 g/mol. The number of aromatic nitrogens is 1. The number of carbonyl (C=O) groups excluding carboxylic acids is 1. The number of halogens is 2. The van der Waals surface area contributed by atoms with Crippen LogP contribution < -0.4 is 0 Å². The Morgan fingerprint density at radius 1 is 1.48 bits per heavy atom. The molecule has 1 unspecified atom stereocenters. The van der Waals surface area contributed by atoms with Crippen LogP contribution in [0.3, 0.4) is 0 Å². The van der Waals surface area contributed by atoms with Crippen LogP contribution in [0.15, 0.2) is 28.9 Å². The lowest BCUT2D eigenvalue weighted by Gasteiger charge is -2.15. The molecule has 1 atom stereocenters. The summed E-state index contributed by atoms with van der Waals surface area (Å²) in [5.74, 6) is -0.648. The van der Waals surface area contributed by atoms with E-state index >= 15 is 0 Å². The van der Waals surface area contributed by atoms with Crippen LogP contribution >= 0.6 is 38.9 Å². The van der Waals surface area contributed by atoms with Crippen molar-refractivity contribution >= 4 is 44.8 Å². The smallest absolute Gasteiger partial charge is 0.313 e. The molecule has 112 valence electrons. The number of benzene rings is 1. The first-order chi connectivity index (χ1) is 9.99. The van der Waals surface area contributed by atoms with Crippen molar-refractivity contribution in [2.45, 2.75) is 26.2 Å². The first-order valence-electron chi connectivity index (χ1n) is 6.53. The minimum absolute atomic E-state index is 0.250. The molecule has 0 aliphatic rings. The Balaban J connectivity index is 2.32. The second-order valence-electron chi connectivity index (χ2n) is 4.58. The molecule has 0 bridgehead atoms. The van der Waals surface area contributed by atoms with Crippen molar-refractivity contribution in [1.29, 1.82) is 0 Å². The summed E-state index contributed by atoms with van der Waals surface area (Å²) in [6.07, 6.45) is 2.33. The molecule has 0 saturated carbocycles. The van der Waals surface area contributed by atoms with Crippen LogP contribution in [0.5, 0.6) is 0 Å². The van der Waals surface area contributed by atoms with Gasteiger partial charge in [0.1, 0.15) is 0 Å². The van der Waals surface area contributed by atoms with Gasteiger partial charge in [0.05, 0.1) is 17.5 Å². The number of hydrogen-bond acceptors (Lipinski definition) is 4. The first kappa shape index (κ1) is 16.5. The highest BCUT2D eigenvalue weighted by Crippen LogP contribution is 2.29. The topological polar surface area (TPSA) is 39.2 Å². The number of rotatable bonds is 5. The third kappa shape index (κ3) is 4.53. The van der Waals surface area contributed by atoms with Crippen LogP contribution in [0.2, 0.25) is 5.02 Å². The molecule has 6 heteroatoms. The van der Waals surface area contributed by atoms with Gasteiger partial charge in [0, 0.05) is 27.0 Å². The molecule has 0 N–H and O–H groups in total. The van der Waals surface area contributed by atoms with E-state index in [9.17, 15) is 4.79 Å². The Hall–Kier alpha value is -0.910. The standard InChI is InChI=1S/C15H15BrClNO2S/c1-3-20-15(19)13(7-14-18-8-9(2)21-14)10-4-11(16)6-12(17)5-10/h4-6,8,13H,3,7H2,1-2H3. The van der Waals surface area contributed by atoms with Crippen molar-refractivity contribution in [3.63, 3.8) is 0 Å². The lowest BCUT2D eigenvalue weighted by atomic mass is 9.96. The van der Waals surface area contributed by atoms with Gasteiger partial charge in [-0.2, -0.15) is 0 Å². The van der Waals surface area contributed by atoms with Gasteiger partial charge < -0.3 is 4.74 Å². The van der Waals surface area contributed by atoms with Gasteiger partial charge in [-0.1, -0.05) is 27.5 Å². The molecule has 0 radical (unpaired) electrons. The number of carbonyl (C=O) groups is 1. The van der Waals surface area contributed by atoms with Crippen LogP contribution in [0.1, 0.15) is 28.3 Å². The van der Waals surface area contributed by atoms with Gasteiger partial charge in [-0.3, -0.25) is 4.79 Å². The minimum Gasteiger partial charge on any atom is -0.466 e. The number of hydrogen-bond donors (Lipinski definition) is 0. The molecule has 0 aliphatic carbocycles. The van der Waals surface area contributed by atoms with E-state index in [1.54, 1.807) is 30.4 Å². The summed E-state index contributed by atoms with van der Waals surface area (Å²) in [6.45, 7) is 4.15. The summed E-state index contributed by atoms with van der Waals surface area (Å²) in [4.78, 5) is 17.7. The number of ether oxygens (including phenoxy) is 1. The van der Waals surface area contributed by atoms with E-state index in [0.717, 1.165) is 19.9 Å². The summed E-state index contributed by atoms with van der Waals surface area (Å²) in [6, 6.07) is 5.49. The quantitative estimate of drug-likeness (QED) is 0.693. The Morgan fingerprint density at radius 2 is 2.24 bits per heavy atom. The van der Waals surface area contributed by atoms with Gasteiger partial charge in [0.25, 0.3) is 0 Å². The van der Waals surface area contributed by atoms with E-state index in [-0.39, 0.29) is 5.97 Å².